The smallest absolute Gasteiger partial charge is 0.267 e. The Bertz CT molecular complexity index is 765. The zero-order valence-electron chi connectivity index (χ0n) is 11.0. The highest BCUT2D eigenvalue weighted by Crippen LogP contribution is 2.24. The second-order valence-corrected chi connectivity index (χ2v) is 5.50. The fraction of sp³-hybridized carbons (Fsp3) is 0. The van der Waals surface area contributed by atoms with Gasteiger partial charge in [0.2, 0.25) is 0 Å². The number of nitro benzene ring substituents is 1. The van der Waals surface area contributed by atoms with Crippen LogP contribution in [0.5, 0.6) is 0 Å². The van der Waals surface area contributed by atoms with Crippen LogP contribution in [0.4, 0.5) is 5.69 Å². The molecule has 0 aliphatic heterocycles. The maximum atomic E-state index is 11.8. The average Bonchev–Trinajstić information content (AvgIpc) is 2.48. The van der Waals surface area contributed by atoms with E-state index in [1.807, 2.05) is 0 Å². The maximum absolute atomic E-state index is 11.8. The quantitative estimate of drug-likeness (QED) is 0.496. The molecule has 0 spiro atoms. The number of hydrogen-bond donors (Lipinski definition) is 1. The molecule has 0 aromatic heterocycles. The van der Waals surface area contributed by atoms with E-state index >= 15 is 0 Å². The molecule has 0 radical (unpaired) electrons. The standard InChI is InChI=1S/C14H9BrClN3O3/c15-11-3-1-2-10(7-11)14(20)18-17-8-9-4-5-12(16)13(6-9)19(21)22/h1-8H,(H,18,20)/b17-8-. The third kappa shape index (κ3) is 4.12. The molecule has 22 heavy (non-hydrogen) atoms. The second kappa shape index (κ2) is 7.15. The molecular weight excluding hydrogens is 374 g/mol. The van der Waals surface area contributed by atoms with E-state index in [1.165, 1.54) is 18.3 Å². The summed E-state index contributed by atoms with van der Waals surface area (Å²) in [6.45, 7) is 0. The summed E-state index contributed by atoms with van der Waals surface area (Å²) in [5.74, 6) is -0.388. The van der Waals surface area contributed by atoms with Crippen LogP contribution in [0.1, 0.15) is 15.9 Å². The van der Waals surface area contributed by atoms with Crippen LogP contribution in [-0.2, 0) is 0 Å². The zero-order valence-corrected chi connectivity index (χ0v) is 13.3. The minimum absolute atomic E-state index is 0.0420. The molecule has 0 aliphatic carbocycles. The highest BCUT2D eigenvalue weighted by Gasteiger charge is 2.11. The first kappa shape index (κ1) is 16.1. The number of carbonyl (C=O) groups excluding carboxylic acids is 1. The number of nitro groups is 1. The molecule has 2 aromatic rings. The van der Waals surface area contributed by atoms with Gasteiger partial charge < -0.3 is 0 Å². The van der Waals surface area contributed by atoms with Crippen molar-refractivity contribution in [3.63, 3.8) is 0 Å². The summed E-state index contributed by atoms with van der Waals surface area (Å²) in [6.07, 6.45) is 1.30. The van der Waals surface area contributed by atoms with Gasteiger partial charge in [-0.15, -0.1) is 0 Å². The Morgan fingerprint density at radius 1 is 1.32 bits per heavy atom. The van der Waals surface area contributed by atoms with Gasteiger partial charge in [0.15, 0.2) is 0 Å². The first-order valence-electron chi connectivity index (χ1n) is 6.00. The Morgan fingerprint density at radius 3 is 2.77 bits per heavy atom. The van der Waals surface area contributed by atoms with E-state index in [1.54, 1.807) is 30.3 Å². The van der Waals surface area contributed by atoms with Gasteiger partial charge in [-0.3, -0.25) is 14.9 Å². The van der Waals surface area contributed by atoms with Gasteiger partial charge >= 0.3 is 0 Å². The number of nitrogens with zero attached hydrogens (tertiary/aromatic N) is 2. The van der Waals surface area contributed by atoms with E-state index in [9.17, 15) is 14.9 Å². The first-order chi connectivity index (χ1) is 10.5. The minimum Gasteiger partial charge on any atom is -0.267 e. The van der Waals surface area contributed by atoms with Crippen LogP contribution in [-0.4, -0.2) is 17.0 Å². The predicted octanol–water partition coefficient (Wildman–Crippen LogP) is 3.77. The molecule has 0 fully saturated rings. The van der Waals surface area contributed by atoms with Gasteiger partial charge in [0.05, 0.1) is 11.1 Å². The van der Waals surface area contributed by atoms with Crippen LogP contribution < -0.4 is 5.43 Å². The number of hydrogen-bond acceptors (Lipinski definition) is 4. The largest absolute Gasteiger partial charge is 0.288 e. The Morgan fingerprint density at radius 2 is 2.09 bits per heavy atom. The van der Waals surface area contributed by atoms with Crippen molar-refractivity contribution in [1.82, 2.24) is 5.43 Å². The molecule has 112 valence electrons. The van der Waals surface area contributed by atoms with Crippen LogP contribution >= 0.6 is 27.5 Å². The van der Waals surface area contributed by atoms with E-state index in [2.05, 4.69) is 26.5 Å². The topological polar surface area (TPSA) is 84.6 Å². The molecule has 6 nitrogen and oxygen atoms in total. The van der Waals surface area contributed by atoms with E-state index < -0.39 is 4.92 Å². The van der Waals surface area contributed by atoms with Crippen molar-refractivity contribution in [2.24, 2.45) is 5.10 Å². The summed E-state index contributed by atoms with van der Waals surface area (Å²) in [7, 11) is 0. The van der Waals surface area contributed by atoms with Gasteiger partial charge in [-0.2, -0.15) is 5.10 Å². The van der Waals surface area contributed by atoms with Crippen LogP contribution in [0, 0.1) is 10.1 Å². The molecule has 0 atom stereocenters. The lowest BCUT2D eigenvalue weighted by Crippen LogP contribution is -2.17. The fourth-order valence-corrected chi connectivity index (χ4v) is 2.20. The molecule has 0 bridgehead atoms. The summed E-state index contributed by atoms with van der Waals surface area (Å²) in [5.41, 5.74) is 3.01. The maximum Gasteiger partial charge on any atom is 0.288 e. The Hall–Kier alpha value is -2.25. The highest BCUT2D eigenvalue weighted by molar-refractivity contribution is 9.10. The molecule has 8 heteroatoms. The Kier molecular flexibility index (Phi) is 5.24. The lowest BCUT2D eigenvalue weighted by Gasteiger charge is -2.00. The first-order valence-corrected chi connectivity index (χ1v) is 7.17. The number of nitrogens with one attached hydrogen (secondary N) is 1. The highest BCUT2D eigenvalue weighted by atomic mass is 79.9. The second-order valence-electron chi connectivity index (χ2n) is 4.18. The fourth-order valence-electron chi connectivity index (χ4n) is 1.61. The molecule has 0 heterocycles. The van der Waals surface area contributed by atoms with Gasteiger partial charge in [-0.1, -0.05) is 39.7 Å². The van der Waals surface area contributed by atoms with Gasteiger partial charge in [-0.05, 0) is 24.3 Å². The van der Waals surface area contributed by atoms with Crippen molar-refractivity contribution < 1.29 is 9.72 Å². The number of benzene rings is 2. The molecule has 2 rings (SSSR count). The lowest BCUT2D eigenvalue weighted by molar-refractivity contribution is -0.384. The molecule has 0 aliphatic rings. The molecule has 1 amide bonds. The normalized spacial score (nSPS) is 10.6. The Labute approximate surface area is 139 Å². The summed E-state index contributed by atoms with van der Waals surface area (Å²) in [5, 5.41) is 14.6. The predicted molar refractivity (Wildman–Crippen MR) is 87.3 cm³/mol. The third-order valence-electron chi connectivity index (χ3n) is 2.63. The molecule has 0 saturated heterocycles. The van der Waals surface area contributed by atoms with Crippen LogP contribution in [0.2, 0.25) is 5.02 Å². The molecule has 0 unspecified atom stereocenters. The van der Waals surface area contributed by atoms with Crippen molar-refractivity contribution >= 4 is 45.3 Å². The third-order valence-corrected chi connectivity index (χ3v) is 3.45. The van der Waals surface area contributed by atoms with Crippen molar-refractivity contribution in [2.75, 3.05) is 0 Å². The monoisotopic (exact) mass is 381 g/mol. The molecule has 2 aromatic carbocycles. The van der Waals surface area contributed by atoms with Crippen molar-refractivity contribution in [3.8, 4) is 0 Å². The Balaban J connectivity index is 2.08. The van der Waals surface area contributed by atoms with Crippen molar-refractivity contribution in [2.45, 2.75) is 0 Å². The number of halogens is 2. The number of hydrazone groups is 1. The SMILES string of the molecule is O=C(N/N=C\c1ccc(Cl)c([N+](=O)[O-])c1)c1cccc(Br)c1. The van der Waals surface area contributed by atoms with Gasteiger partial charge in [0.1, 0.15) is 5.02 Å². The molecule has 0 saturated carbocycles. The van der Waals surface area contributed by atoms with Crippen LogP contribution in [0.3, 0.4) is 0 Å². The number of carbonyl (C=O) groups is 1. The summed E-state index contributed by atoms with van der Waals surface area (Å²) in [4.78, 5) is 22.0. The van der Waals surface area contributed by atoms with Crippen molar-refractivity contribution in [3.05, 3.63) is 73.2 Å². The van der Waals surface area contributed by atoms with Gasteiger partial charge in [0.25, 0.3) is 11.6 Å². The minimum atomic E-state index is -0.584. The molecule has 1 N–H and O–H groups in total. The van der Waals surface area contributed by atoms with E-state index in [0.29, 0.717) is 11.1 Å². The summed E-state index contributed by atoms with van der Waals surface area (Å²) >= 11 is 8.98. The van der Waals surface area contributed by atoms with Gasteiger partial charge in [0, 0.05) is 21.7 Å². The van der Waals surface area contributed by atoms with E-state index in [0.717, 1.165) is 4.47 Å². The molecular formula is C14H9BrClN3O3. The summed E-state index contributed by atoms with van der Waals surface area (Å²) in [6, 6.07) is 11.1. The average molecular weight is 383 g/mol. The van der Waals surface area contributed by atoms with E-state index in [-0.39, 0.29) is 16.6 Å². The van der Waals surface area contributed by atoms with Crippen LogP contribution in [0.25, 0.3) is 0 Å². The lowest BCUT2D eigenvalue weighted by atomic mass is 10.2. The van der Waals surface area contributed by atoms with Gasteiger partial charge in [-0.25, -0.2) is 5.43 Å². The number of rotatable bonds is 4. The number of amides is 1. The van der Waals surface area contributed by atoms with Crippen LogP contribution in [0.15, 0.2) is 52.0 Å². The summed E-state index contributed by atoms with van der Waals surface area (Å²) < 4.78 is 0.775. The zero-order chi connectivity index (χ0) is 16.1. The van der Waals surface area contributed by atoms with Crippen molar-refractivity contribution in [1.29, 1.82) is 0 Å². The van der Waals surface area contributed by atoms with E-state index in [4.69, 9.17) is 11.6 Å².